The Kier molecular flexibility index (Phi) is 8.73. The van der Waals surface area contributed by atoms with Crippen molar-refractivity contribution < 1.29 is 4.42 Å². The van der Waals surface area contributed by atoms with Gasteiger partial charge in [0.05, 0.1) is 0 Å². The molecular formula is C48H35NO. The highest BCUT2D eigenvalue weighted by Crippen LogP contribution is 2.39. The first-order valence-corrected chi connectivity index (χ1v) is 16.9. The third-order valence-electron chi connectivity index (χ3n) is 8.98. The normalized spacial score (nSPS) is 12.0. The molecule has 0 saturated carbocycles. The third-order valence-corrected chi connectivity index (χ3v) is 8.98. The summed E-state index contributed by atoms with van der Waals surface area (Å²) in [5.74, 6) is 0. The zero-order chi connectivity index (χ0) is 33.5. The van der Waals surface area contributed by atoms with E-state index in [0.717, 1.165) is 55.5 Å². The van der Waals surface area contributed by atoms with Crippen LogP contribution >= 0.6 is 0 Å². The van der Waals surface area contributed by atoms with Crippen LogP contribution in [0.5, 0.6) is 0 Å². The summed E-state index contributed by atoms with van der Waals surface area (Å²) in [5, 5.41) is 5.72. The summed E-state index contributed by atoms with van der Waals surface area (Å²) in [7, 11) is 0. The fourth-order valence-electron chi connectivity index (χ4n) is 6.43. The third kappa shape index (κ3) is 6.69. The number of anilines is 1. The molecule has 0 unspecified atom stereocenters. The molecule has 50 heavy (non-hydrogen) atoms. The number of rotatable bonds is 9. The lowest BCUT2D eigenvalue weighted by Gasteiger charge is -2.12. The van der Waals surface area contributed by atoms with Crippen LogP contribution in [0.3, 0.4) is 0 Å². The van der Waals surface area contributed by atoms with E-state index in [1.807, 2.05) is 30.5 Å². The van der Waals surface area contributed by atoms with Crippen molar-refractivity contribution in [1.82, 2.24) is 0 Å². The van der Waals surface area contributed by atoms with E-state index in [-0.39, 0.29) is 0 Å². The van der Waals surface area contributed by atoms with Gasteiger partial charge >= 0.3 is 0 Å². The monoisotopic (exact) mass is 641 g/mol. The number of benzene rings is 7. The molecule has 7 aromatic carbocycles. The van der Waals surface area contributed by atoms with Gasteiger partial charge < -0.3 is 9.73 Å². The van der Waals surface area contributed by atoms with E-state index < -0.39 is 0 Å². The molecule has 0 spiro atoms. The van der Waals surface area contributed by atoms with Crippen molar-refractivity contribution in [1.29, 1.82) is 0 Å². The second kappa shape index (κ2) is 14.2. The molecule has 0 saturated heterocycles. The number of allylic oxidation sites excluding steroid dienone is 4. The molecule has 2 nitrogen and oxygen atoms in total. The van der Waals surface area contributed by atoms with Gasteiger partial charge in [0.1, 0.15) is 11.2 Å². The topological polar surface area (TPSA) is 25.2 Å². The average molecular weight is 642 g/mol. The molecule has 2 heteroatoms. The Labute approximate surface area is 293 Å². The number of fused-ring (bicyclic) bond motifs is 3. The molecule has 0 aliphatic rings. The number of nitrogens with one attached hydrogen (secondary N) is 1. The summed E-state index contributed by atoms with van der Waals surface area (Å²) in [6.45, 7) is 0. The summed E-state index contributed by atoms with van der Waals surface area (Å²) in [6, 6.07) is 61.5. The molecular weight excluding hydrogens is 607 g/mol. The van der Waals surface area contributed by atoms with E-state index >= 15 is 0 Å². The number of hydrogen-bond donors (Lipinski definition) is 1. The Morgan fingerprint density at radius 2 is 1.12 bits per heavy atom. The SMILES string of the molecule is C(=C/c1cccc(-c2ccccc2)c1)/C(=C\C=C\Nc1ccc(-c2cc3oc4ccccc4c3cc2-c2ccccc2)cc1)c1ccccc1. The molecule has 1 N–H and O–H groups in total. The molecule has 238 valence electrons. The molecule has 0 amide bonds. The molecule has 1 aromatic heterocycles. The zero-order valence-corrected chi connectivity index (χ0v) is 27.5. The van der Waals surface area contributed by atoms with Crippen LogP contribution in [0, 0.1) is 0 Å². The van der Waals surface area contributed by atoms with Crippen molar-refractivity contribution in [2.45, 2.75) is 0 Å². The van der Waals surface area contributed by atoms with Gasteiger partial charge in [0.15, 0.2) is 0 Å². The van der Waals surface area contributed by atoms with Crippen LogP contribution in [0.15, 0.2) is 205 Å². The molecule has 0 aliphatic heterocycles. The number of hydrogen-bond acceptors (Lipinski definition) is 2. The Balaban J connectivity index is 1.04. The molecule has 0 radical (unpaired) electrons. The maximum Gasteiger partial charge on any atom is 0.136 e. The average Bonchev–Trinajstić information content (AvgIpc) is 3.56. The van der Waals surface area contributed by atoms with Gasteiger partial charge in [-0.25, -0.2) is 0 Å². The quantitative estimate of drug-likeness (QED) is 0.159. The molecule has 0 fully saturated rings. The number of para-hydroxylation sites is 1. The summed E-state index contributed by atoms with van der Waals surface area (Å²) >= 11 is 0. The molecule has 8 rings (SSSR count). The van der Waals surface area contributed by atoms with Gasteiger partial charge in [-0.3, -0.25) is 0 Å². The molecule has 0 bridgehead atoms. The lowest BCUT2D eigenvalue weighted by atomic mass is 9.92. The number of furan rings is 1. The highest BCUT2D eigenvalue weighted by molar-refractivity contribution is 6.08. The van der Waals surface area contributed by atoms with Crippen molar-refractivity contribution in [2.24, 2.45) is 0 Å². The van der Waals surface area contributed by atoms with E-state index in [0.29, 0.717) is 0 Å². The van der Waals surface area contributed by atoms with Crippen LogP contribution < -0.4 is 5.32 Å². The Bertz CT molecular complexity index is 2470. The first-order valence-electron chi connectivity index (χ1n) is 16.9. The minimum absolute atomic E-state index is 0.893. The van der Waals surface area contributed by atoms with Gasteiger partial charge in [0, 0.05) is 22.7 Å². The van der Waals surface area contributed by atoms with Gasteiger partial charge in [0.25, 0.3) is 0 Å². The fraction of sp³-hybridized carbons (Fsp3) is 0. The van der Waals surface area contributed by atoms with Gasteiger partial charge in [0.2, 0.25) is 0 Å². The Morgan fingerprint density at radius 3 is 1.90 bits per heavy atom. The second-order valence-corrected chi connectivity index (χ2v) is 12.3. The molecule has 8 aromatic rings. The highest BCUT2D eigenvalue weighted by Gasteiger charge is 2.14. The predicted molar refractivity (Wildman–Crippen MR) is 213 cm³/mol. The molecule has 0 aliphatic carbocycles. The second-order valence-electron chi connectivity index (χ2n) is 12.3. The Morgan fingerprint density at radius 1 is 0.480 bits per heavy atom. The summed E-state index contributed by atoms with van der Waals surface area (Å²) in [4.78, 5) is 0. The molecule has 1 heterocycles. The maximum atomic E-state index is 6.28. The van der Waals surface area contributed by atoms with Crippen LogP contribution in [0.4, 0.5) is 5.69 Å². The van der Waals surface area contributed by atoms with Crippen molar-refractivity contribution in [3.63, 3.8) is 0 Å². The first-order chi connectivity index (χ1) is 24.8. The summed E-state index contributed by atoms with van der Waals surface area (Å²) in [6.07, 6.45) is 10.5. The maximum absolute atomic E-state index is 6.28. The van der Waals surface area contributed by atoms with Gasteiger partial charge in [-0.05, 0) is 92.6 Å². The van der Waals surface area contributed by atoms with Crippen LogP contribution in [-0.2, 0) is 0 Å². The van der Waals surface area contributed by atoms with Crippen molar-refractivity contribution in [3.8, 4) is 33.4 Å². The fourth-order valence-corrected chi connectivity index (χ4v) is 6.43. The van der Waals surface area contributed by atoms with Crippen molar-refractivity contribution >= 4 is 39.3 Å². The first kappa shape index (κ1) is 30.7. The summed E-state index contributed by atoms with van der Waals surface area (Å²) < 4.78 is 6.28. The minimum Gasteiger partial charge on any atom is -0.456 e. The van der Waals surface area contributed by atoms with Gasteiger partial charge in [-0.1, -0.05) is 158 Å². The van der Waals surface area contributed by atoms with E-state index in [2.05, 4.69) is 181 Å². The Hall–Kier alpha value is -6.64. The minimum atomic E-state index is 0.893. The zero-order valence-electron chi connectivity index (χ0n) is 27.5. The predicted octanol–water partition coefficient (Wildman–Crippen LogP) is 13.3. The lowest BCUT2D eigenvalue weighted by molar-refractivity contribution is 0.669. The van der Waals surface area contributed by atoms with Crippen molar-refractivity contribution in [3.05, 3.63) is 211 Å². The molecule has 0 atom stereocenters. The lowest BCUT2D eigenvalue weighted by Crippen LogP contribution is -1.89. The summed E-state index contributed by atoms with van der Waals surface area (Å²) in [5.41, 5.74) is 13.3. The van der Waals surface area contributed by atoms with E-state index in [1.54, 1.807) is 0 Å². The largest absolute Gasteiger partial charge is 0.456 e. The van der Waals surface area contributed by atoms with E-state index in [9.17, 15) is 0 Å². The van der Waals surface area contributed by atoms with Crippen LogP contribution in [-0.4, -0.2) is 0 Å². The highest BCUT2D eigenvalue weighted by atomic mass is 16.3. The smallest absolute Gasteiger partial charge is 0.136 e. The van der Waals surface area contributed by atoms with Gasteiger partial charge in [-0.2, -0.15) is 0 Å². The van der Waals surface area contributed by atoms with E-state index in [1.165, 1.54) is 22.3 Å². The van der Waals surface area contributed by atoms with Crippen molar-refractivity contribution in [2.75, 3.05) is 5.32 Å². The van der Waals surface area contributed by atoms with Gasteiger partial charge in [-0.15, -0.1) is 0 Å². The van der Waals surface area contributed by atoms with Crippen LogP contribution in [0.2, 0.25) is 0 Å². The standard InChI is InChI=1S/C48H35NO/c1-4-15-36(16-5-1)38(26-25-35-14-12-21-41(32-35)37-17-6-2-7-18-37)22-13-31-49-42-29-27-40(28-30-42)45-34-48-46(43-23-10-11-24-47(43)50-48)33-44(45)39-19-8-3-9-20-39/h1-34,49H/b26-25-,31-13+,38-22+. The van der Waals surface area contributed by atoms with Crippen LogP contribution in [0.25, 0.3) is 67.0 Å². The van der Waals surface area contributed by atoms with Crippen LogP contribution in [0.1, 0.15) is 11.1 Å². The van der Waals surface area contributed by atoms with E-state index in [4.69, 9.17) is 4.42 Å².